The lowest BCUT2D eigenvalue weighted by Crippen LogP contribution is -2.37. The summed E-state index contributed by atoms with van der Waals surface area (Å²) in [6.07, 6.45) is 1.39. The predicted molar refractivity (Wildman–Crippen MR) is 83.0 cm³/mol. The smallest absolute Gasteiger partial charge is 0.243 e. The third kappa shape index (κ3) is 3.65. The largest absolute Gasteiger partial charge is 0.320 e. The van der Waals surface area contributed by atoms with Gasteiger partial charge in [0, 0.05) is 4.88 Å². The van der Waals surface area contributed by atoms with Crippen molar-refractivity contribution < 1.29 is 4.79 Å². The van der Waals surface area contributed by atoms with Gasteiger partial charge in [0.2, 0.25) is 5.91 Å². The van der Waals surface area contributed by atoms with Crippen LogP contribution in [0, 0.1) is 6.92 Å². The van der Waals surface area contributed by atoms with Gasteiger partial charge in [-0.1, -0.05) is 37.3 Å². The summed E-state index contributed by atoms with van der Waals surface area (Å²) in [4.78, 5) is 17.6. The monoisotopic (exact) mass is 289 g/mol. The highest BCUT2D eigenvalue weighted by molar-refractivity contribution is 7.15. The summed E-state index contributed by atoms with van der Waals surface area (Å²) < 4.78 is 0. The van der Waals surface area contributed by atoms with E-state index in [-0.39, 0.29) is 5.91 Å². The summed E-state index contributed by atoms with van der Waals surface area (Å²) in [6.45, 7) is 4.06. The minimum absolute atomic E-state index is 0.190. The van der Waals surface area contributed by atoms with E-state index in [9.17, 15) is 4.79 Å². The summed E-state index contributed by atoms with van der Waals surface area (Å²) in [7, 11) is 0. The molecule has 0 saturated carbocycles. The van der Waals surface area contributed by atoms with Crippen LogP contribution in [-0.2, 0) is 17.6 Å². The third-order valence-corrected chi connectivity index (χ3v) is 4.02. The second kappa shape index (κ2) is 6.63. The topological polar surface area (TPSA) is 68.0 Å². The Bertz CT molecular complexity index is 580. The summed E-state index contributed by atoms with van der Waals surface area (Å²) >= 11 is 1.49. The Kier molecular flexibility index (Phi) is 4.87. The number of hydrogen-bond acceptors (Lipinski definition) is 4. The molecule has 1 aromatic carbocycles. The van der Waals surface area contributed by atoms with Crippen molar-refractivity contribution in [3.05, 3.63) is 46.5 Å². The van der Waals surface area contributed by atoms with Crippen LogP contribution >= 0.6 is 11.3 Å². The SMILES string of the molecule is CCc1nc(NC(=O)[C@H](N)Cc2ccccc2)sc1C. The predicted octanol–water partition coefficient (Wildman–Crippen LogP) is 2.52. The van der Waals surface area contributed by atoms with E-state index in [1.807, 2.05) is 37.3 Å². The van der Waals surface area contributed by atoms with Gasteiger partial charge < -0.3 is 11.1 Å². The van der Waals surface area contributed by atoms with E-state index in [2.05, 4.69) is 17.2 Å². The van der Waals surface area contributed by atoms with Crippen LogP contribution in [0.5, 0.6) is 0 Å². The average molecular weight is 289 g/mol. The van der Waals surface area contributed by atoms with E-state index >= 15 is 0 Å². The van der Waals surface area contributed by atoms with Crippen LogP contribution in [0.2, 0.25) is 0 Å². The van der Waals surface area contributed by atoms with Gasteiger partial charge in [-0.25, -0.2) is 4.98 Å². The molecule has 1 amide bonds. The highest BCUT2D eigenvalue weighted by Gasteiger charge is 2.16. The highest BCUT2D eigenvalue weighted by Crippen LogP contribution is 2.22. The molecule has 3 N–H and O–H groups in total. The lowest BCUT2D eigenvalue weighted by Gasteiger charge is -2.10. The van der Waals surface area contributed by atoms with Crippen LogP contribution in [0.3, 0.4) is 0 Å². The zero-order valence-corrected chi connectivity index (χ0v) is 12.5. The van der Waals surface area contributed by atoms with Gasteiger partial charge in [0.15, 0.2) is 5.13 Å². The normalized spacial score (nSPS) is 12.2. The van der Waals surface area contributed by atoms with Gasteiger partial charge in [0.1, 0.15) is 0 Å². The fourth-order valence-electron chi connectivity index (χ4n) is 1.97. The molecule has 1 heterocycles. The fourth-order valence-corrected chi connectivity index (χ4v) is 2.87. The number of carbonyl (C=O) groups is 1. The summed E-state index contributed by atoms with van der Waals surface area (Å²) in [6, 6.07) is 9.20. The van der Waals surface area contributed by atoms with Crippen molar-refractivity contribution in [3.63, 3.8) is 0 Å². The van der Waals surface area contributed by atoms with Crippen LogP contribution < -0.4 is 11.1 Å². The van der Waals surface area contributed by atoms with Crippen molar-refractivity contribution in [1.82, 2.24) is 4.98 Å². The number of anilines is 1. The Balaban J connectivity index is 1.97. The quantitative estimate of drug-likeness (QED) is 0.888. The molecule has 4 nitrogen and oxygen atoms in total. The van der Waals surface area contributed by atoms with Crippen LogP contribution in [0.15, 0.2) is 30.3 Å². The van der Waals surface area contributed by atoms with Gasteiger partial charge in [-0.05, 0) is 25.3 Å². The first kappa shape index (κ1) is 14.7. The molecule has 0 bridgehead atoms. The molecule has 5 heteroatoms. The number of aromatic nitrogens is 1. The second-order valence-electron chi connectivity index (χ2n) is 4.66. The van der Waals surface area contributed by atoms with Crippen molar-refractivity contribution in [2.24, 2.45) is 5.73 Å². The van der Waals surface area contributed by atoms with Crippen LogP contribution in [0.4, 0.5) is 5.13 Å². The lowest BCUT2D eigenvalue weighted by molar-refractivity contribution is -0.117. The molecule has 0 aliphatic heterocycles. The van der Waals surface area contributed by atoms with Crippen molar-refractivity contribution in [1.29, 1.82) is 0 Å². The summed E-state index contributed by atoms with van der Waals surface area (Å²) in [5.41, 5.74) is 8.02. The van der Waals surface area contributed by atoms with E-state index in [4.69, 9.17) is 5.73 Å². The van der Waals surface area contributed by atoms with Crippen molar-refractivity contribution >= 4 is 22.4 Å². The molecule has 0 spiro atoms. The number of carbonyl (C=O) groups excluding carboxylic acids is 1. The first-order chi connectivity index (χ1) is 9.60. The molecule has 20 heavy (non-hydrogen) atoms. The van der Waals surface area contributed by atoms with E-state index in [0.29, 0.717) is 11.6 Å². The van der Waals surface area contributed by atoms with E-state index in [1.165, 1.54) is 11.3 Å². The molecule has 1 aromatic heterocycles. The summed E-state index contributed by atoms with van der Waals surface area (Å²) in [5.74, 6) is -0.190. The fraction of sp³-hybridized carbons (Fsp3) is 0.333. The van der Waals surface area contributed by atoms with E-state index in [0.717, 1.165) is 22.6 Å². The minimum Gasteiger partial charge on any atom is -0.320 e. The van der Waals surface area contributed by atoms with Crippen molar-refractivity contribution in [2.75, 3.05) is 5.32 Å². The van der Waals surface area contributed by atoms with E-state index in [1.54, 1.807) is 0 Å². The van der Waals surface area contributed by atoms with Crippen molar-refractivity contribution in [3.8, 4) is 0 Å². The minimum atomic E-state index is -0.563. The number of rotatable bonds is 5. The van der Waals surface area contributed by atoms with E-state index < -0.39 is 6.04 Å². The number of nitrogens with one attached hydrogen (secondary N) is 1. The molecule has 106 valence electrons. The average Bonchev–Trinajstić information content (AvgIpc) is 2.79. The molecule has 0 aliphatic rings. The van der Waals surface area contributed by atoms with Gasteiger partial charge in [-0.15, -0.1) is 11.3 Å². The first-order valence-electron chi connectivity index (χ1n) is 6.66. The third-order valence-electron chi connectivity index (χ3n) is 3.09. The molecule has 2 aromatic rings. The Morgan fingerprint density at radius 1 is 1.40 bits per heavy atom. The molecular weight excluding hydrogens is 270 g/mol. The first-order valence-corrected chi connectivity index (χ1v) is 7.48. The van der Waals surface area contributed by atoms with Gasteiger partial charge in [0.25, 0.3) is 0 Å². The number of aryl methyl sites for hydroxylation is 2. The Morgan fingerprint density at radius 3 is 2.70 bits per heavy atom. The molecule has 0 aliphatic carbocycles. The Labute approximate surface area is 123 Å². The molecule has 2 rings (SSSR count). The number of thiazole rings is 1. The number of amides is 1. The number of nitrogens with two attached hydrogens (primary N) is 1. The number of hydrogen-bond donors (Lipinski definition) is 2. The van der Waals surface area contributed by atoms with Gasteiger partial charge in [-0.2, -0.15) is 0 Å². The van der Waals surface area contributed by atoms with Crippen LogP contribution in [-0.4, -0.2) is 16.9 Å². The van der Waals surface area contributed by atoms with Crippen LogP contribution in [0.25, 0.3) is 0 Å². The molecule has 1 atom stereocenters. The second-order valence-corrected chi connectivity index (χ2v) is 5.86. The maximum Gasteiger partial charge on any atom is 0.243 e. The lowest BCUT2D eigenvalue weighted by atomic mass is 10.1. The van der Waals surface area contributed by atoms with Crippen LogP contribution in [0.1, 0.15) is 23.1 Å². The van der Waals surface area contributed by atoms with Crippen molar-refractivity contribution in [2.45, 2.75) is 32.7 Å². The molecule has 0 radical (unpaired) electrons. The van der Waals surface area contributed by atoms with Gasteiger partial charge in [0.05, 0.1) is 11.7 Å². The Morgan fingerprint density at radius 2 is 2.10 bits per heavy atom. The number of benzene rings is 1. The molecule has 0 fully saturated rings. The highest BCUT2D eigenvalue weighted by atomic mass is 32.1. The molecule has 0 unspecified atom stereocenters. The zero-order valence-electron chi connectivity index (χ0n) is 11.7. The standard InChI is InChI=1S/C15H19N3OS/c1-3-13-10(2)20-15(17-13)18-14(19)12(16)9-11-7-5-4-6-8-11/h4-8,12H,3,9,16H2,1-2H3,(H,17,18,19)/t12-/m1/s1. The van der Waals surface area contributed by atoms with Gasteiger partial charge in [-0.3, -0.25) is 4.79 Å². The molecule has 0 saturated heterocycles. The Hall–Kier alpha value is -1.72. The van der Waals surface area contributed by atoms with Gasteiger partial charge >= 0.3 is 0 Å². The maximum atomic E-state index is 12.1. The zero-order chi connectivity index (χ0) is 14.5. The maximum absolute atomic E-state index is 12.1. The summed E-state index contributed by atoms with van der Waals surface area (Å²) in [5, 5.41) is 3.43. The number of nitrogens with zero attached hydrogens (tertiary/aromatic N) is 1. The molecular formula is C15H19N3OS.